The zero-order valence-corrected chi connectivity index (χ0v) is 14.2. The van der Waals surface area contributed by atoms with Crippen molar-refractivity contribution in [2.45, 2.75) is 64.7 Å². The molecule has 1 saturated carbocycles. The fourth-order valence-electron chi connectivity index (χ4n) is 4.90. The Morgan fingerprint density at radius 3 is 2.64 bits per heavy atom. The zero-order valence-electron chi connectivity index (χ0n) is 14.2. The molecular weight excluding hydrogens is 272 g/mol. The fraction of sp³-hybridized carbons (Fsp3) is 0.650. The van der Waals surface area contributed by atoms with Crippen LogP contribution in [0.25, 0.3) is 0 Å². The normalized spacial score (nSPS) is 34.1. The summed E-state index contributed by atoms with van der Waals surface area (Å²) in [5, 5.41) is 10.2. The van der Waals surface area contributed by atoms with Crippen LogP contribution in [0.5, 0.6) is 0 Å². The van der Waals surface area contributed by atoms with Gasteiger partial charge in [-0.05, 0) is 66.0 Å². The smallest absolute Gasteiger partial charge is 0.314 e. The maximum Gasteiger partial charge on any atom is 0.314 e. The fourth-order valence-corrected chi connectivity index (χ4v) is 4.90. The van der Waals surface area contributed by atoms with E-state index in [1.807, 2.05) is 0 Å². The Kier molecular flexibility index (Phi) is 3.82. The van der Waals surface area contributed by atoms with Crippen molar-refractivity contribution in [2.75, 3.05) is 0 Å². The van der Waals surface area contributed by atoms with Crippen LogP contribution >= 0.6 is 0 Å². The average Bonchev–Trinajstić information content (AvgIpc) is 2.49. The number of carbonyl (C=O) groups is 1. The number of benzene rings is 1. The molecule has 2 heteroatoms. The molecule has 22 heavy (non-hydrogen) atoms. The number of hydrogen-bond acceptors (Lipinski definition) is 1. The summed E-state index contributed by atoms with van der Waals surface area (Å²) in [7, 11) is 0. The minimum absolute atomic E-state index is 0.283. The molecule has 0 bridgehead atoms. The molecule has 2 aliphatic carbocycles. The van der Waals surface area contributed by atoms with Crippen molar-refractivity contribution in [1.82, 2.24) is 0 Å². The molecule has 2 nitrogen and oxygen atoms in total. The number of fused-ring (bicyclic) bond motifs is 3. The molecule has 0 aliphatic heterocycles. The highest BCUT2D eigenvalue weighted by Gasteiger charge is 2.55. The van der Waals surface area contributed by atoms with Gasteiger partial charge in [0.15, 0.2) is 0 Å². The number of aliphatic carboxylic acids is 1. The van der Waals surface area contributed by atoms with Crippen molar-refractivity contribution in [3.05, 3.63) is 34.9 Å². The Labute approximate surface area is 133 Å². The quantitative estimate of drug-likeness (QED) is 0.855. The van der Waals surface area contributed by atoms with Crippen LogP contribution in [-0.2, 0) is 16.6 Å². The number of aryl methyl sites for hydroxylation is 1. The van der Waals surface area contributed by atoms with Crippen LogP contribution in [0.15, 0.2) is 18.2 Å². The molecule has 0 saturated heterocycles. The molecule has 0 radical (unpaired) electrons. The van der Waals surface area contributed by atoms with Gasteiger partial charge in [0.2, 0.25) is 0 Å². The third kappa shape index (κ3) is 2.11. The van der Waals surface area contributed by atoms with Crippen molar-refractivity contribution in [3.8, 4) is 0 Å². The minimum atomic E-state index is -0.644. The van der Waals surface area contributed by atoms with Gasteiger partial charge in [-0.3, -0.25) is 4.79 Å². The van der Waals surface area contributed by atoms with Gasteiger partial charge < -0.3 is 5.11 Å². The number of rotatable bonds is 2. The summed E-state index contributed by atoms with van der Waals surface area (Å²) in [6.07, 6.45) is 3.88. The van der Waals surface area contributed by atoms with E-state index in [9.17, 15) is 9.90 Å². The maximum atomic E-state index is 12.3. The predicted molar refractivity (Wildman–Crippen MR) is 89.2 cm³/mol. The SMILES string of the molecule is CC(C)c1ccc2c(c1)CCC1C(C)C(C)CCC21C(=O)O. The topological polar surface area (TPSA) is 37.3 Å². The van der Waals surface area contributed by atoms with Crippen LogP contribution < -0.4 is 0 Å². The first-order chi connectivity index (χ1) is 10.4. The summed E-state index contributed by atoms with van der Waals surface area (Å²) in [5.74, 6) is 1.30. The second kappa shape index (κ2) is 5.40. The van der Waals surface area contributed by atoms with Gasteiger partial charge >= 0.3 is 5.97 Å². The molecule has 1 aromatic rings. The lowest BCUT2D eigenvalue weighted by Gasteiger charge is -2.50. The molecule has 0 spiro atoms. The molecule has 120 valence electrons. The first-order valence-corrected chi connectivity index (χ1v) is 8.74. The molecule has 4 atom stereocenters. The summed E-state index contributed by atoms with van der Waals surface area (Å²) in [5.41, 5.74) is 3.08. The molecular formula is C20H28O2. The first-order valence-electron chi connectivity index (χ1n) is 8.74. The van der Waals surface area contributed by atoms with Crippen LogP contribution in [0, 0.1) is 17.8 Å². The Bertz CT molecular complexity index is 589. The van der Waals surface area contributed by atoms with E-state index in [1.165, 1.54) is 11.1 Å². The average molecular weight is 300 g/mol. The van der Waals surface area contributed by atoms with Crippen LogP contribution in [0.4, 0.5) is 0 Å². The second-order valence-electron chi connectivity index (χ2n) is 7.87. The van der Waals surface area contributed by atoms with E-state index in [0.29, 0.717) is 17.8 Å². The highest BCUT2D eigenvalue weighted by Crippen LogP contribution is 2.54. The molecule has 0 amide bonds. The van der Waals surface area contributed by atoms with Crippen molar-refractivity contribution >= 4 is 5.97 Å². The molecule has 1 N–H and O–H groups in total. The van der Waals surface area contributed by atoms with E-state index >= 15 is 0 Å². The van der Waals surface area contributed by atoms with Gasteiger partial charge in [0, 0.05) is 0 Å². The van der Waals surface area contributed by atoms with Gasteiger partial charge in [-0.25, -0.2) is 0 Å². The largest absolute Gasteiger partial charge is 0.481 e. The first kappa shape index (κ1) is 15.6. The summed E-state index contributed by atoms with van der Waals surface area (Å²) in [6.45, 7) is 8.95. The molecule has 2 aliphatic rings. The van der Waals surface area contributed by atoms with Gasteiger partial charge in [0.25, 0.3) is 0 Å². The van der Waals surface area contributed by atoms with E-state index in [-0.39, 0.29) is 5.92 Å². The highest BCUT2D eigenvalue weighted by molar-refractivity contribution is 5.83. The van der Waals surface area contributed by atoms with Gasteiger partial charge in [-0.2, -0.15) is 0 Å². The minimum Gasteiger partial charge on any atom is -0.481 e. The van der Waals surface area contributed by atoms with Crippen molar-refractivity contribution in [3.63, 3.8) is 0 Å². The molecule has 0 heterocycles. The molecule has 0 aromatic heterocycles. The van der Waals surface area contributed by atoms with Gasteiger partial charge in [-0.15, -0.1) is 0 Å². The molecule has 1 aromatic carbocycles. The lowest BCUT2D eigenvalue weighted by atomic mass is 9.52. The lowest BCUT2D eigenvalue weighted by molar-refractivity contribution is -0.151. The molecule has 3 rings (SSSR count). The Morgan fingerprint density at radius 2 is 2.00 bits per heavy atom. The third-order valence-electron chi connectivity index (χ3n) is 6.54. The Balaban J connectivity index is 2.13. The third-order valence-corrected chi connectivity index (χ3v) is 6.54. The maximum absolute atomic E-state index is 12.3. The van der Waals surface area contributed by atoms with Gasteiger partial charge in [-0.1, -0.05) is 45.9 Å². The summed E-state index contributed by atoms with van der Waals surface area (Å²) >= 11 is 0. The van der Waals surface area contributed by atoms with Crippen LogP contribution in [-0.4, -0.2) is 11.1 Å². The summed E-state index contributed by atoms with van der Waals surface area (Å²) in [4.78, 5) is 12.3. The molecule has 1 fully saturated rings. The predicted octanol–water partition coefficient (Wildman–Crippen LogP) is 4.76. The van der Waals surface area contributed by atoms with E-state index in [4.69, 9.17) is 0 Å². The van der Waals surface area contributed by atoms with E-state index in [0.717, 1.165) is 31.2 Å². The van der Waals surface area contributed by atoms with E-state index in [1.54, 1.807) is 0 Å². The number of carboxylic acid groups (broad SMARTS) is 1. The van der Waals surface area contributed by atoms with Crippen LogP contribution in [0.3, 0.4) is 0 Å². The zero-order chi connectivity index (χ0) is 16.1. The van der Waals surface area contributed by atoms with Crippen molar-refractivity contribution < 1.29 is 9.90 Å². The monoisotopic (exact) mass is 300 g/mol. The number of hydrogen-bond donors (Lipinski definition) is 1. The van der Waals surface area contributed by atoms with Crippen LogP contribution in [0.1, 0.15) is 69.6 Å². The standard InChI is InChI=1S/C20H28O2/c1-12(2)15-5-8-18-16(11-15)6-7-17-14(4)13(3)9-10-20(17,18)19(21)22/h5,8,11-14,17H,6-7,9-10H2,1-4H3,(H,21,22). The number of carboxylic acids is 1. The van der Waals surface area contributed by atoms with Crippen LogP contribution in [0.2, 0.25) is 0 Å². The van der Waals surface area contributed by atoms with Gasteiger partial charge in [0.05, 0.1) is 5.41 Å². The Morgan fingerprint density at radius 1 is 1.27 bits per heavy atom. The lowest BCUT2D eigenvalue weighted by Crippen LogP contribution is -2.52. The van der Waals surface area contributed by atoms with Gasteiger partial charge in [0.1, 0.15) is 0 Å². The van der Waals surface area contributed by atoms with Crippen molar-refractivity contribution in [2.24, 2.45) is 17.8 Å². The summed E-state index contributed by atoms with van der Waals surface area (Å²) < 4.78 is 0. The summed E-state index contributed by atoms with van der Waals surface area (Å²) in [6, 6.07) is 6.55. The van der Waals surface area contributed by atoms with Crippen molar-refractivity contribution in [1.29, 1.82) is 0 Å². The van der Waals surface area contributed by atoms with E-state index < -0.39 is 11.4 Å². The molecule has 4 unspecified atom stereocenters. The Hall–Kier alpha value is -1.31. The second-order valence-corrected chi connectivity index (χ2v) is 7.87. The van der Waals surface area contributed by atoms with E-state index in [2.05, 4.69) is 45.9 Å². The highest BCUT2D eigenvalue weighted by atomic mass is 16.4.